The third-order valence-corrected chi connectivity index (χ3v) is 6.73. The smallest absolute Gasteiger partial charge is 0.128 e. The maximum atomic E-state index is 10.7. The molecule has 164 valence electrons. The Morgan fingerprint density at radius 1 is 1.13 bits per heavy atom. The van der Waals surface area contributed by atoms with E-state index in [-0.39, 0.29) is 12.0 Å². The van der Waals surface area contributed by atoms with E-state index in [1.54, 1.807) is 0 Å². The Labute approximate surface area is 182 Å². The summed E-state index contributed by atoms with van der Waals surface area (Å²) >= 11 is 0. The van der Waals surface area contributed by atoms with Crippen molar-refractivity contribution in [3.8, 4) is 0 Å². The SMILES string of the molecule is Cn1cc(CN[C@H]2[C@H](O)[C@H](O)C[C@@H]2c2ccc(N3CCOCC3)nc2)c2ccccc21. The number of benzene rings is 1. The second kappa shape index (κ2) is 8.59. The largest absolute Gasteiger partial charge is 0.390 e. The van der Waals surface area contributed by atoms with E-state index in [4.69, 9.17) is 4.74 Å². The maximum absolute atomic E-state index is 10.7. The zero-order valence-corrected chi connectivity index (χ0v) is 17.8. The van der Waals surface area contributed by atoms with Crippen LogP contribution in [-0.4, -0.2) is 64.3 Å². The predicted molar refractivity (Wildman–Crippen MR) is 120 cm³/mol. The minimum atomic E-state index is -0.807. The van der Waals surface area contributed by atoms with Gasteiger partial charge in [-0.3, -0.25) is 0 Å². The van der Waals surface area contributed by atoms with Gasteiger partial charge in [-0.1, -0.05) is 24.3 Å². The topological polar surface area (TPSA) is 82.8 Å². The fourth-order valence-corrected chi connectivity index (χ4v) is 5.02. The van der Waals surface area contributed by atoms with Gasteiger partial charge in [-0.15, -0.1) is 0 Å². The summed E-state index contributed by atoms with van der Waals surface area (Å²) in [7, 11) is 2.05. The van der Waals surface area contributed by atoms with Crippen LogP contribution in [0.3, 0.4) is 0 Å². The van der Waals surface area contributed by atoms with E-state index in [1.165, 1.54) is 16.5 Å². The molecule has 1 saturated carbocycles. The third kappa shape index (κ3) is 3.94. The minimum absolute atomic E-state index is 0.00576. The summed E-state index contributed by atoms with van der Waals surface area (Å²) in [6, 6.07) is 12.2. The second-order valence-electron chi connectivity index (χ2n) is 8.64. The lowest BCUT2D eigenvalue weighted by molar-refractivity contribution is 0.0298. The fourth-order valence-electron chi connectivity index (χ4n) is 5.02. The Morgan fingerprint density at radius 2 is 1.94 bits per heavy atom. The molecule has 2 aromatic heterocycles. The molecule has 5 rings (SSSR count). The lowest BCUT2D eigenvalue weighted by Gasteiger charge is -2.28. The van der Waals surface area contributed by atoms with Gasteiger partial charge in [-0.05, 0) is 29.7 Å². The van der Waals surface area contributed by atoms with Gasteiger partial charge in [0.05, 0.1) is 25.4 Å². The van der Waals surface area contributed by atoms with Crippen LogP contribution in [-0.2, 0) is 18.3 Å². The fraction of sp³-hybridized carbons (Fsp3) is 0.458. The van der Waals surface area contributed by atoms with Crippen molar-refractivity contribution in [3.05, 3.63) is 59.9 Å². The quantitative estimate of drug-likeness (QED) is 0.582. The van der Waals surface area contributed by atoms with Crippen LogP contribution in [0, 0.1) is 0 Å². The molecule has 0 amide bonds. The first-order chi connectivity index (χ1) is 15.1. The molecular formula is C24H30N4O3. The number of pyridine rings is 1. The predicted octanol–water partition coefficient (Wildman–Crippen LogP) is 1.78. The molecule has 1 aliphatic heterocycles. The summed E-state index contributed by atoms with van der Waals surface area (Å²) in [6.07, 6.45) is 3.00. The molecule has 3 aromatic rings. The van der Waals surface area contributed by atoms with Gasteiger partial charge >= 0.3 is 0 Å². The number of morpholine rings is 1. The number of hydrogen-bond acceptors (Lipinski definition) is 6. The molecule has 1 aromatic carbocycles. The van der Waals surface area contributed by atoms with Crippen LogP contribution in [0.15, 0.2) is 48.8 Å². The number of para-hydroxylation sites is 1. The van der Waals surface area contributed by atoms with Crippen molar-refractivity contribution < 1.29 is 14.9 Å². The summed E-state index contributed by atoms with van der Waals surface area (Å²) in [6.45, 7) is 3.78. The zero-order valence-electron chi connectivity index (χ0n) is 17.8. The van der Waals surface area contributed by atoms with Crippen LogP contribution < -0.4 is 10.2 Å². The van der Waals surface area contributed by atoms with Crippen LogP contribution >= 0.6 is 0 Å². The van der Waals surface area contributed by atoms with Gasteiger partial charge in [0.2, 0.25) is 0 Å². The van der Waals surface area contributed by atoms with Gasteiger partial charge in [0.25, 0.3) is 0 Å². The highest BCUT2D eigenvalue weighted by Crippen LogP contribution is 2.36. The molecule has 0 spiro atoms. The number of aromatic nitrogens is 2. The number of rotatable bonds is 5. The number of hydrogen-bond donors (Lipinski definition) is 3. The normalized spacial score (nSPS) is 26.6. The van der Waals surface area contributed by atoms with Crippen LogP contribution in [0.4, 0.5) is 5.82 Å². The van der Waals surface area contributed by atoms with Crippen LogP contribution in [0.5, 0.6) is 0 Å². The monoisotopic (exact) mass is 422 g/mol. The van der Waals surface area contributed by atoms with E-state index in [2.05, 4.69) is 44.2 Å². The van der Waals surface area contributed by atoms with Gasteiger partial charge in [0.1, 0.15) is 5.82 Å². The van der Waals surface area contributed by atoms with Crippen molar-refractivity contribution in [1.29, 1.82) is 0 Å². The average molecular weight is 423 g/mol. The molecular weight excluding hydrogens is 392 g/mol. The standard InChI is InChI=1S/C24H30N4O3/c1-27-15-17(18-4-2-3-5-20(18)27)14-26-23-19(12-21(29)24(23)30)16-6-7-22(25-13-16)28-8-10-31-11-9-28/h2-7,13,15,19,21,23-24,26,29-30H,8-12,14H2,1H3/t19-,21-,23-,24-/m1/s1. The van der Waals surface area contributed by atoms with Gasteiger partial charge in [0.15, 0.2) is 0 Å². The van der Waals surface area contributed by atoms with E-state index in [0.717, 1.165) is 37.7 Å². The van der Waals surface area contributed by atoms with Crippen molar-refractivity contribution in [1.82, 2.24) is 14.9 Å². The summed E-state index contributed by atoms with van der Waals surface area (Å²) in [4.78, 5) is 6.89. The molecule has 31 heavy (non-hydrogen) atoms. The number of nitrogens with zero attached hydrogens (tertiary/aromatic N) is 3. The van der Waals surface area contributed by atoms with Gasteiger partial charge in [0, 0.05) is 61.9 Å². The second-order valence-corrected chi connectivity index (χ2v) is 8.64. The highest BCUT2D eigenvalue weighted by atomic mass is 16.5. The first-order valence-electron chi connectivity index (χ1n) is 11.0. The number of aliphatic hydroxyl groups excluding tert-OH is 2. The number of nitrogens with one attached hydrogen (secondary N) is 1. The first kappa shape index (κ1) is 20.5. The summed E-state index contributed by atoms with van der Waals surface area (Å²) < 4.78 is 7.54. The average Bonchev–Trinajstić information content (AvgIpc) is 3.29. The minimum Gasteiger partial charge on any atom is -0.390 e. The molecule has 1 saturated heterocycles. The Kier molecular flexibility index (Phi) is 5.67. The van der Waals surface area contributed by atoms with E-state index < -0.39 is 12.2 Å². The zero-order chi connectivity index (χ0) is 21.4. The van der Waals surface area contributed by atoms with Crippen molar-refractivity contribution >= 4 is 16.7 Å². The number of aryl methyl sites for hydroxylation is 1. The Balaban J connectivity index is 1.33. The Morgan fingerprint density at radius 3 is 2.71 bits per heavy atom. The van der Waals surface area contributed by atoms with Crippen LogP contribution in [0.1, 0.15) is 23.5 Å². The first-order valence-corrected chi connectivity index (χ1v) is 11.0. The molecule has 0 radical (unpaired) electrons. The van der Waals surface area contributed by atoms with E-state index in [9.17, 15) is 10.2 Å². The van der Waals surface area contributed by atoms with Gasteiger partial charge < -0.3 is 29.7 Å². The molecule has 7 heteroatoms. The van der Waals surface area contributed by atoms with E-state index in [1.807, 2.05) is 31.4 Å². The molecule has 0 unspecified atom stereocenters. The lowest BCUT2D eigenvalue weighted by Crippen LogP contribution is -2.42. The molecule has 4 atom stereocenters. The van der Waals surface area contributed by atoms with Crippen molar-refractivity contribution in [2.75, 3.05) is 31.2 Å². The number of anilines is 1. The van der Waals surface area contributed by atoms with E-state index >= 15 is 0 Å². The Bertz CT molecular complexity index is 1030. The van der Waals surface area contributed by atoms with E-state index in [0.29, 0.717) is 13.0 Å². The molecule has 1 aliphatic carbocycles. The molecule has 3 N–H and O–H groups in total. The third-order valence-electron chi connectivity index (χ3n) is 6.73. The maximum Gasteiger partial charge on any atom is 0.128 e. The number of ether oxygens (including phenoxy) is 1. The van der Waals surface area contributed by atoms with Crippen molar-refractivity contribution in [2.24, 2.45) is 7.05 Å². The summed E-state index contributed by atoms with van der Waals surface area (Å²) in [5.74, 6) is 0.956. The van der Waals surface area contributed by atoms with Crippen LogP contribution in [0.25, 0.3) is 10.9 Å². The van der Waals surface area contributed by atoms with Crippen LogP contribution in [0.2, 0.25) is 0 Å². The van der Waals surface area contributed by atoms with Gasteiger partial charge in [-0.2, -0.15) is 0 Å². The molecule has 7 nitrogen and oxygen atoms in total. The van der Waals surface area contributed by atoms with Crippen molar-refractivity contribution in [2.45, 2.75) is 37.1 Å². The highest BCUT2D eigenvalue weighted by Gasteiger charge is 2.42. The molecule has 2 aliphatic rings. The highest BCUT2D eigenvalue weighted by molar-refractivity contribution is 5.83. The lowest BCUT2D eigenvalue weighted by atomic mass is 9.94. The van der Waals surface area contributed by atoms with Gasteiger partial charge in [-0.25, -0.2) is 4.98 Å². The molecule has 0 bridgehead atoms. The molecule has 3 heterocycles. The van der Waals surface area contributed by atoms with Crippen molar-refractivity contribution in [3.63, 3.8) is 0 Å². The number of aliphatic hydroxyl groups is 2. The molecule has 2 fully saturated rings. The summed E-state index contributed by atoms with van der Waals surface area (Å²) in [5, 5.41) is 25.8. The Hall–Kier alpha value is -2.45. The number of fused-ring (bicyclic) bond motifs is 1. The summed E-state index contributed by atoms with van der Waals surface area (Å²) in [5.41, 5.74) is 3.42.